The molecule has 0 unspecified atom stereocenters. The van der Waals surface area contributed by atoms with Crippen LogP contribution in [0.25, 0.3) is 11.0 Å². The second-order valence-corrected chi connectivity index (χ2v) is 3.13. The minimum atomic E-state index is 0.310. The summed E-state index contributed by atoms with van der Waals surface area (Å²) >= 11 is 2.13. The van der Waals surface area contributed by atoms with Crippen LogP contribution in [0, 0.1) is 3.70 Å². The second kappa shape index (κ2) is 2.33. The number of aromatic amines is 1. The van der Waals surface area contributed by atoms with Crippen LogP contribution >= 0.6 is 22.6 Å². The minimum Gasteiger partial charge on any atom is -0.368 e. The van der Waals surface area contributed by atoms with Crippen LogP contribution in [-0.4, -0.2) is 15.0 Å². The Hall–Kier alpha value is -0.850. The summed E-state index contributed by atoms with van der Waals surface area (Å²) in [6.07, 6.45) is 1.82. The van der Waals surface area contributed by atoms with Crippen molar-refractivity contribution in [2.45, 2.75) is 0 Å². The van der Waals surface area contributed by atoms with E-state index in [0.717, 1.165) is 14.7 Å². The molecule has 0 radical (unpaired) electrons. The summed E-state index contributed by atoms with van der Waals surface area (Å²) in [7, 11) is 0. The lowest BCUT2D eigenvalue weighted by molar-refractivity contribution is 1.19. The number of hydrogen-bond donors (Lipinski definition) is 2. The number of nitrogens with one attached hydrogen (secondary N) is 1. The standard InChI is InChI=1S/C6H5IN4/c7-4-3-1-2-9-5(3)11-6(8)10-4/h1-2H,(H3,8,9,10,11). The molecule has 2 aromatic rings. The second-order valence-electron chi connectivity index (χ2n) is 2.11. The third kappa shape index (κ3) is 1.05. The monoisotopic (exact) mass is 260 g/mol. The molecule has 0 spiro atoms. The molecule has 0 bridgehead atoms. The molecule has 2 aromatic heterocycles. The number of H-pyrrole nitrogens is 1. The Morgan fingerprint density at radius 2 is 2.27 bits per heavy atom. The number of nitrogen functional groups attached to an aromatic ring is 1. The number of fused-ring (bicyclic) bond motifs is 1. The van der Waals surface area contributed by atoms with Crippen LogP contribution in [0.4, 0.5) is 5.95 Å². The quantitative estimate of drug-likeness (QED) is 0.551. The fourth-order valence-corrected chi connectivity index (χ4v) is 1.60. The van der Waals surface area contributed by atoms with Gasteiger partial charge in [-0.05, 0) is 28.7 Å². The lowest BCUT2D eigenvalue weighted by atomic mass is 10.4. The Labute approximate surface area is 76.4 Å². The molecule has 2 rings (SSSR count). The van der Waals surface area contributed by atoms with Crippen LogP contribution in [0.2, 0.25) is 0 Å². The van der Waals surface area contributed by atoms with Crippen molar-refractivity contribution >= 4 is 39.6 Å². The zero-order valence-electron chi connectivity index (χ0n) is 5.50. The van der Waals surface area contributed by atoms with Gasteiger partial charge in [-0.25, -0.2) is 4.98 Å². The summed E-state index contributed by atoms with van der Waals surface area (Å²) in [6, 6.07) is 1.93. The molecule has 5 heteroatoms. The van der Waals surface area contributed by atoms with E-state index in [1.54, 1.807) is 0 Å². The van der Waals surface area contributed by atoms with E-state index in [1.165, 1.54) is 0 Å². The van der Waals surface area contributed by atoms with E-state index in [9.17, 15) is 0 Å². The van der Waals surface area contributed by atoms with E-state index < -0.39 is 0 Å². The van der Waals surface area contributed by atoms with Crippen molar-refractivity contribution in [3.8, 4) is 0 Å². The first-order chi connectivity index (χ1) is 5.27. The number of anilines is 1. The maximum Gasteiger partial charge on any atom is 0.223 e. The summed E-state index contributed by atoms with van der Waals surface area (Å²) in [4.78, 5) is 11.0. The molecule has 2 heterocycles. The van der Waals surface area contributed by atoms with E-state index in [0.29, 0.717) is 5.95 Å². The van der Waals surface area contributed by atoms with Crippen molar-refractivity contribution < 1.29 is 0 Å². The third-order valence-corrected chi connectivity index (χ3v) is 2.21. The first-order valence-corrected chi connectivity index (χ1v) is 4.11. The third-order valence-electron chi connectivity index (χ3n) is 1.39. The van der Waals surface area contributed by atoms with Gasteiger partial charge in [0.2, 0.25) is 5.95 Å². The van der Waals surface area contributed by atoms with Crippen molar-refractivity contribution in [3.63, 3.8) is 0 Å². The maximum absolute atomic E-state index is 5.44. The van der Waals surface area contributed by atoms with Crippen LogP contribution < -0.4 is 5.73 Å². The van der Waals surface area contributed by atoms with Gasteiger partial charge in [0.25, 0.3) is 0 Å². The molecule has 0 aliphatic rings. The van der Waals surface area contributed by atoms with Gasteiger partial charge in [-0.2, -0.15) is 4.98 Å². The van der Waals surface area contributed by atoms with Gasteiger partial charge in [0.05, 0.1) is 5.39 Å². The summed E-state index contributed by atoms with van der Waals surface area (Å²) in [5.41, 5.74) is 6.23. The topological polar surface area (TPSA) is 67.6 Å². The lowest BCUT2D eigenvalue weighted by Gasteiger charge is -1.93. The molecule has 0 aromatic carbocycles. The predicted molar refractivity (Wildman–Crippen MR) is 51.0 cm³/mol. The highest BCUT2D eigenvalue weighted by Gasteiger charge is 2.02. The van der Waals surface area contributed by atoms with Gasteiger partial charge in [0.15, 0.2) is 0 Å². The number of nitrogens with zero attached hydrogens (tertiary/aromatic N) is 2. The molecular formula is C6H5IN4. The summed E-state index contributed by atoms with van der Waals surface area (Å²) < 4.78 is 0.881. The van der Waals surface area contributed by atoms with Gasteiger partial charge >= 0.3 is 0 Å². The highest BCUT2D eigenvalue weighted by Crippen LogP contribution is 2.16. The number of nitrogens with two attached hydrogens (primary N) is 1. The first kappa shape index (κ1) is 6.84. The molecule has 0 saturated heterocycles. The zero-order chi connectivity index (χ0) is 7.84. The molecule has 0 fully saturated rings. The summed E-state index contributed by atoms with van der Waals surface area (Å²) in [5, 5.41) is 1.01. The normalized spacial score (nSPS) is 10.6. The predicted octanol–water partition coefficient (Wildman–Crippen LogP) is 1.14. The van der Waals surface area contributed by atoms with Crippen LogP contribution in [0.3, 0.4) is 0 Å². The van der Waals surface area contributed by atoms with Gasteiger partial charge in [-0.1, -0.05) is 0 Å². The highest BCUT2D eigenvalue weighted by atomic mass is 127. The number of hydrogen-bond acceptors (Lipinski definition) is 3. The van der Waals surface area contributed by atoms with Crippen molar-refractivity contribution in [2.24, 2.45) is 0 Å². The Morgan fingerprint density at radius 1 is 1.45 bits per heavy atom. The van der Waals surface area contributed by atoms with E-state index in [2.05, 4.69) is 37.5 Å². The van der Waals surface area contributed by atoms with Gasteiger partial charge < -0.3 is 10.7 Å². The van der Waals surface area contributed by atoms with E-state index >= 15 is 0 Å². The molecular weight excluding hydrogens is 255 g/mol. The number of aromatic nitrogens is 3. The summed E-state index contributed by atoms with van der Waals surface area (Å²) in [6.45, 7) is 0. The Kier molecular flexibility index (Phi) is 1.45. The summed E-state index contributed by atoms with van der Waals surface area (Å²) in [5.74, 6) is 0.310. The fourth-order valence-electron chi connectivity index (χ4n) is 0.920. The fraction of sp³-hybridized carbons (Fsp3) is 0. The Morgan fingerprint density at radius 3 is 3.09 bits per heavy atom. The average Bonchev–Trinajstić information content (AvgIpc) is 2.34. The Balaban J connectivity index is 2.91. The molecule has 0 saturated carbocycles. The van der Waals surface area contributed by atoms with Crippen molar-refractivity contribution in [1.29, 1.82) is 0 Å². The molecule has 0 aliphatic carbocycles. The molecule has 0 atom stereocenters. The molecule has 0 amide bonds. The smallest absolute Gasteiger partial charge is 0.223 e. The van der Waals surface area contributed by atoms with E-state index in [4.69, 9.17) is 5.73 Å². The van der Waals surface area contributed by atoms with Crippen LogP contribution in [0.15, 0.2) is 12.3 Å². The zero-order valence-corrected chi connectivity index (χ0v) is 7.66. The minimum absolute atomic E-state index is 0.310. The van der Waals surface area contributed by atoms with E-state index in [-0.39, 0.29) is 0 Å². The van der Waals surface area contributed by atoms with Crippen molar-refractivity contribution in [3.05, 3.63) is 16.0 Å². The molecule has 56 valence electrons. The van der Waals surface area contributed by atoms with Crippen LogP contribution in [0.5, 0.6) is 0 Å². The van der Waals surface area contributed by atoms with Crippen LogP contribution in [-0.2, 0) is 0 Å². The van der Waals surface area contributed by atoms with E-state index in [1.807, 2.05) is 12.3 Å². The SMILES string of the molecule is Nc1nc(I)c2cc[nH]c2n1. The molecule has 3 N–H and O–H groups in total. The molecule has 0 aliphatic heterocycles. The van der Waals surface area contributed by atoms with Gasteiger partial charge in [0.1, 0.15) is 9.35 Å². The lowest BCUT2D eigenvalue weighted by Crippen LogP contribution is -1.96. The first-order valence-electron chi connectivity index (χ1n) is 3.03. The molecule has 11 heavy (non-hydrogen) atoms. The van der Waals surface area contributed by atoms with Crippen LogP contribution in [0.1, 0.15) is 0 Å². The van der Waals surface area contributed by atoms with Crippen molar-refractivity contribution in [1.82, 2.24) is 15.0 Å². The largest absolute Gasteiger partial charge is 0.368 e. The number of rotatable bonds is 0. The maximum atomic E-state index is 5.44. The average molecular weight is 260 g/mol. The van der Waals surface area contributed by atoms with Gasteiger partial charge in [-0.15, -0.1) is 0 Å². The van der Waals surface area contributed by atoms with Gasteiger partial charge in [0, 0.05) is 6.20 Å². The molecule has 4 nitrogen and oxygen atoms in total. The number of halogens is 1. The Bertz CT molecular complexity index is 394. The highest BCUT2D eigenvalue weighted by molar-refractivity contribution is 14.1. The van der Waals surface area contributed by atoms with Gasteiger partial charge in [-0.3, -0.25) is 0 Å². The van der Waals surface area contributed by atoms with Crippen molar-refractivity contribution in [2.75, 3.05) is 5.73 Å².